The van der Waals surface area contributed by atoms with Gasteiger partial charge in [0.05, 0.1) is 6.04 Å². The number of hydrogen-bond donors (Lipinski definition) is 1. The van der Waals surface area contributed by atoms with E-state index in [0.29, 0.717) is 5.89 Å². The summed E-state index contributed by atoms with van der Waals surface area (Å²) in [7, 11) is 2.10. The Kier molecular flexibility index (Phi) is 4.57. The quantitative estimate of drug-likeness (QED) is 0.933. The van der Waals surface area contributed by atoms with Crippen molar-refractivity contribution in [3.05, 3.63) is 47.6 Å². The maximum atomic E-state index is 5.54. The summed E-state index contributed by atoms with van der Waals surface area (Å²) in [5.41, 5.74) is 1.19. The molecule has 0 radical (unpaired) electrons. The van der Waals surface area contributed by atoms with E-state index in [9.17, 15) is 0 Å². The van der Waals surface area contributed by atoms with Gasteiger partial charge in [0.1, 0.15) is 5.25 Å². The van der Waals surface area contributed by atoms with Crippen LogP contribution >= 0.6 is 11.8 Å². The number of aromatic nitrogens is 2. The highest BCUT2D eigenvalue weighted by atomic mass is 32.2. The summed E-state index contributed by atoms with van der Waals surface area (Å²) >= 11 is 1.71. The van der Waals surface area contributed by atoms with Crippen molar-refractivity contribution in [2.45, 2.75) is 11.3 Å². The number of rotatable bonds is 4. The fourth-order valence-electron chi connectivity index (χ4n) is 2.59. The molecule has 1 fully saturated rings. The molecule has 1 aromatic heterocycles. The Morgan fingerprint density at radius 1 is 1.38 bits per heavy atom. The van der Waals surface area contributed by atoms with Gasteiger partial charge in [-0.25, -0.2) is 0 Å². The molecule has 0 spiro atoms. The summed E-state index contributed by atoms with van der Waals surface area (Å²) in [6.07, 6.45) is 2.07. The Morgan fingerprint density at radius 3 is 2.90 bits per heavy atom. The van der Waals surface area contributed by atoms with E-state index in [1.807, 2.05) is 18.2 Å². The number of nitrogens with one attached hydrogen (secondary N) is 1. The largest absolute Gasteiger partial charge is 0.338 e. The fourth-order valence-corrected chi connectivity index (χ4v) is 3.32. The highest BCUT2D eigenvalue weighted by molar-refractivity contribution is 7.99. The van der Waals surface area contributed by atoms with Crippen LogP contribution in [-0.4, -0.2) is 48.0 Å². The minimum atomic E-state index is 0.0919. The van der Waals surface area contributed by atoms with Crippen molar-refractivity contribution >= 4 is 11.8 Å². The predicted octanol–water partition coefficient (Wildman–Crippen LogP) is 2.10. The van der Waals surface area contributed by atoms with E-state index in [4.69, 9.17) is 4.52 Å². The maximum Gasteiger partial charge on any atom is 0.244 e. The summed E-state index contributed by atoms with van der Waals surface area (Å²) in [6.45, 7) is 2.87. The first-order valence-electron chi connectivity index (χ1n) is 7.12. The summed E-state index contributed by atoms with van der Waals surface area (Å²) < 4.78 is 5.54. The Morgan fingerprint density at radius 2 is 2.19 bits per heavy atom. The predicted molar refractivity (Wildman–Crippen MR) is 84.3 cm³/mol. The molecule has 0 amide bonds. The average Bonchev–Trinajstić information content (AvgIpc) is 2.99. The van der Waals surface area contributed by atoms with E-state index in [1.54, 1.807) is 11.8 Å². The van der Waals surface area contributed by atoms with Crippen molar-refractivity contribution in [1.29, 1.82) is 0 Å². The maximum absolute atomic E-state index is 5.54. The molecule has 1 saturated heterocycles. The van der Waals surface area contributed by atoms with Gasteiger partial charge in [0.2, 0.25) is 5.89 Å². The molecule has 0 bridgehead atoms. The normalized spacial score (nSPS) is 21.3. The first-order chi connectivity index (χ1) is 10.3. The number of benzene rings is 1. The third-order valence-corrected chi connectivity index (χ3v) is 4.77. The average molecular weight is 304 g/mol. The van der Waals surface area contributed by atoms with Gasteiger partial charge in [-0.05, 0) is 18.9 Å². The molecule has 2 atom stereocenters. The van der Waals surface area contributed by atoms with Crippen LogP contribution in [0.2, 0.25) is 0 Å². The lowest BCUT2D eigenvalue weighted by Gasteiger charge is -2.30. The number of hydrogen-bond acceptors (Lipinski definition) is 6. The Hall–Kier alpha value is -1.37. The summed E-state index contributed by atoms with van der Waals surface area (Å²) in [5, 5.41) is 7.67. The van der Waals surface area contributed by atoms with Crippen molar-refractivity contribution in [3.63, 3.8) is 0 Å². The lowest BCUT2D eigenvalue weighted by Crippen LogP contribution is -2.44. The van der Waals surface area contributed by atoms with Gasteiger partial charge in [-0.1, -0.05) is 35.5 Å². The molecule has 2 unspecified atom stereocenters. The van der Waals surface area contributed by atoms with Crippen LogP contribution in [0.4, 0.5) is 0 Å². The highest BCUT2D eigenvalue weighted by Crippen LogP contribution is 2.33. The number of piperazine rings is 1. The van der Waals surface area contributed by atoms with Gasteiger partial charge in [-0.3, -0.25) is 4.90 Å². The number of nitrogens with zero attached hydrogens (tertiary/aromatic N) is 3. The second-order valence-corrected chi connectivity index (χ2v) is 6.16. The van der Waals surface area contributed by atoms with E-state index < -0.39 is 0 Å². The van der Waals surface area contributed by atoms with Crippen LogP contribution in [0.1, 0.15) is 28.6 Å². The second-order valence-electron chi connectivity index (χ2n) is 5.22. The molecule has 1 aromatic carbocycles. The molecule has 21 heavy (non-hydrogen) atoms. The second kappa shape index (κ2) is 6.60. The van der Waals surface area contributed by atoms with Crippen molar-refractivity contribution in [1.82, 2.24) is 20.4 Å². The molecule has 2 aromatic rings. The molecule has 0 aliphatic carbocycles. The van der Waals surface area contributed by atoms with E-state index in [0.717, 1.165) is 25.5 Å². The van der Waals surface area contributed by atoms with E-state index >= 15 is 0 Å². The van der Waals surface area contributed by atoms with Crippen molar-refractivity contribution in [3.8, 4) is 0 Å². The molecule has 112 valence electrons. The van der Waals surface area contributed by atoms with Gasteiger partial charge in [0, 0.05) is 19.6 Å². The van der Waals surface area contributed by atoms with Gasteiger partial charge in [-0.2, -0.15) is 4.98 Å². The first-order valence-corrected chi connectivity index (χ1v) is 8.40. The minimum absolute atomic E-state index is 0.0919. The summed E-state index contributed by atoms with van der Waals surface area (Å²) in [4.78, 5) is 6.92. The van der Waals surface area contributed by atoms with Gasteiger partial charge in [-0.15, -0.1) is 11.8 Å². The minimum Gasteiger partial charge on any atom is -0.338 e. The summed E-state index contributed by atoms with van der Waals surface area (Å²) in [5.74, 6) is 1.46. The van der Waals surface area contributed by atoms with Gasteiger partial charge in [0.15, 0.2) is 5.82 Å². The third kappa shape index (κ3) is 3.12. The third-order valence-electron chi connectivity index (χ3n) is 3.83. The highest BCUT2D eigenvalue weighted by Gasteiger charge is 2.27. The zero-order valence-corrected chi connectivity index (χ0v) is 13.1. The zero-order valence-electron chi connectivity index (χ0n) is 12.3. The molecule has 1 N–H and O–H groups in total. The fraction of sp³-hybridized carbons (Fsp3) is 0.467. The van der Waals surface area contributed by atoms with Crippen LogP contribution in [0.3, 0.4) is 0 Å². The van der Waals surface area contributed by atoms with Crippen LogP contribution < -0.4 is 5.32 Å². The van der Waals surface area contributed by atoms with Gasteiger partial charge in [0.25, 0.3) is 0 Å². The Bertz CT molecular complexity index is 574. The summed E-state index contributed by atoms with van der Waals surface area (Å²) in [6, 6.07) is 10.5. The van der Waals surface area contributed by atoms with E-state index in [2.05, 4.69) is 45.8 Å². The molecular weight excluding hydrogens is 284 g/mol. The van der Waals surface area contributed by atoms with Crippen LogP contribution in [0, 0.1) is 0 Å². The standard InChI is InChI=1S/C15H20N4OS/c1-19-9-8-16-10-12(19)14-17-15(20-18-14)13(21-2)11-6-4-3-5-7-11/h3-7,12-13,16H,8-10H2,1-2H3. The molecule has 5 nitrogen and oxygen atoms in total. The van der Waals surface area contributed by atoms with Crippen LogP contribution in [0.5, 0.6) is 0 Å². The number of likely N-dealkylation sites (N-methyl/N-ethyl adjacent to an activating group) is 1. The van der Waals surface area contributed by atoms with Crippen LogP contribution in [0.25, 0.3) is 0 Å². The van der Waals surface area contributed by atoms with Crippen LogP contribution in [0.15, 0.2) is 34.9 Å². The first kappa shape index (κ1) is 14.6. The van der Waals surface area contributed by atoms with E-state index in [1.165, 1.54) is 5.56 Å². The smallest absolute Gasteiger partial charge is 0.244 e. The molecule has 0 saturated carbocycles. The molecule has 1 aliphatic rings. The van der Waals surface area contributed by atoms with Gasteiger partial charge >= 0.3 is 0 Å². The Labute approximate surface area is 129 Å². The van der Waals surface area contributed by atoms with Crippen molar-refractivity contribution < 1.29 is 4.52 Å². The molecule has 1 aliphatic heterocycles. The van der Waals surface area contributed by atoms with E-state index in [-0.39, 0.29) is 11.3 Å². The zero-order chi connectivity index (χ0) is 14.7. The lowest BCUT2D eigenvalue weighted by molar-refractivity contribution is 0.190. The topological polar surface area (TPSA) is 54.2 Å². The monoisotopic (exact) mass is 304 g/mol. The Balaban J connectivity index is 1.83. The van der Waals surface area contributed by atoms with Crippen molar-refractivity contribution in [2.24, 2.45) is 0 Å². The number of thioether (sulfide) groups is 1. The molecule has 2 heterocycles. The lowest BCUT2D eigenvalue weighted by atomic mass is 10.1. The molecule has 6 heteroatoms. The van der Waals surface area contributed by atoms with Crippen molar-refractivity contribution in [2.75, 3.05) is 32.9 Å². The SMILES string of the molecule is CSC(c1ccccc1)c1nc(C2CNCCN2C)no1. The van der Waals surface area contributed by atoms with Crippen LogP contribution in [-0.2, 0) is 0 Å². The molecular formula is C15H20N4OS. The molecule has 3 rings (SSSR count). The van der Waals surface area contributed by atoms with Gasteiger partial charge < -0.3 is 9.84 Å².